The van der Waals surface area contributed by atoms with Gasteiger partial charge in [-0.1, -0.05) is 23.8 Å². The van der Waals surface area contributed by atoms with E-state index in [1.165, 1.54) is 12.1 Å². The molecular weight excluding hydrogens is 582 g/mol. The van der Waals surface area contributed by atoms with E-state index in [9.17, 15) is 54.2 Å². The number of phenols is 1. The lowest BCUT2D eigenvalue weighted by molar-refractivity contribution is -0.348. The number of carbonyl (C=O) groups is 2. The molecule has 0 spiro atoms. The fourth-order valence-corrected chi connectivity index (χ4v) is 3.49. The molecule has 0 atom stereocenters. The summed E-state index contributed by atoms with van der Waals surface area (Å²) in [5, 5.41) is 13.9. The molecule has 0 saturated carbocycles. The predicted molar refractivity (Wildman–Crippen MR) is 123 cm³/mol. The monoisotopic (exact) mass is 598 g/mol. The summed E-state index contributed by atoms with van der Waals surface area (Å²) in [7, 11) is 0. The van der Waals surface area contributed by atoms with Gasteiger partial charge >= 0.3 is 24.6 Å². The fourth-order valence-electron chi connectivity index (χ4n) is 3.49. The molecule has 0 fully saturated rings. The largest absolute Gasteiger partial charge is 0.506 e. The summed E-state index contributed by atoms with van der Waals surface area (Å²) in [6.45, 7) is -2.20. The number of anilines is 2. The van der Waals surface area contributed by atoms with Crippen LogP contribution < -0.4 is 15.4 Å². The van der Waals surface area contributed by atoms with Crippen molar-refractivity contribution in [2.75, 3.05) is 10.6 Å². The second-order valence-corrected chi connectivity index (χ2v) is 8.34. The van der Waals surface area contributed by atoms with Crippen molar-refractivity contribution in [3.8, 4) is 11.5 Å². The number of phenolic OH excluding ortho intramolecular Hbond substituents is 1. The summed E-state index contributed by atoms with van der Waals surface area (Å²) in [6.07, 6.45) is -13.3. The third-order valence-corrected chi connectivity index (χ3v) is 5.52. The average Bonchev–Trinajstić information content (AvgIpc) is 2.85. The van der Waals surface area contributed by atoms with Crippen LogP contribution in [-0.4, -0.2) is 35.9 Å². The van der Waals surface area contributed by atoms with Crippen LogP contribution in [0.1, 0.15) is 31.8 Å². The van der Waals surface area contributed by atoms with Gasteiger partial charge in [0.15, 0.2) is 11.6 Å². The molecule has 0 aliphatic heterocycles. The summed E-state index contributed by atoms with van der Waals surface area (Å²) in [5.41, 5.74) is -10.4. The maximum absolute atomic E-state index is 15.1. The van der Waals surface area contributed by atoms with Crippen LogP contribution in [-0.2, 0) is 5.67 Å². The van der Waals surface area contributed by atoms with Crippen molar-refractivity contribution in [3.05, 3.63) is 82.7 Å². The van der Waals surface area contributed by atoms with Crippen molar-refractivity contribution < 1.29 is 63.3 Å². The first-order valence-electron chi connectivity index (χ1n) is 11.0. The number of amides is 2. The summed E-state index contributed by atoms with van der Waals surface area (Å²) in [5.74, 6) is -7.23. The van der Waals surface area contributed by atoms with Gasteiger partial charge in [0.2, 0.25) is 0 Å². The first-order valence-corrected chi connectivity index (χ1v) is 11.0. The van der Waals surface area contributed by atoms with Gasteiger partial charge in [-0.25, -0.2) is 8.78 Å². The zero-order valence-corrected chi connectivity index (χ0v) is 20.2. The molecule has 0 aliphatic rings. The molecule has 0 unspecified atom stereocenters. The summed E-state index contributed by atoms with van der Waals surface area (Å²) >= 11 is 0. The minimum Gasteiger partial charge on any atom is -0.506 e. The highest BCUT2D eigenvalue weighted by molar-refractivity contribution is 6.08. The Balaban J connectivity index is 2.01. The molecule has 0 bridgehead atoms. The van der Waals surface area contributed by atoms with Crippen LogP contribution in [0, 0.1) is 12.7 Å². The number of hydrogen-bond acceptors (Lipinski definition) is 4. The third-order valence-electron chi connectivity index (χ3n) is 5.52. The van der Waals surface area contributed by atoms with Crippen LogP contribution in [0.25, 0.3) is 0 Å². The van der Waals surface area contributed by atoms with Crippen LogP contribution in [0.2, 0.25) is 0 Å². The Hall–Kier alpha value is -4.50. The Labute approximate surface area is 223 Å². The number of ether oxygens (including phenoxy) is 1. The molecule has 0 aromatic heterocycles. The van der Waals surface area contributed by atoms with Gasteiger partial charge in [0.05, 0.1) is 11.3 Å². The Bertz CT molecular complexity index is 1440. The third kappa shape index (κ3) is 6.30. The number of alkyl halides is 9. The Kier molecular flexibility index (Phi) is 8.46. The van der Waals surface area contributed by atoms with Crippen LogP contribution >= 0.6 is 0 Å². The normalized spacial score (nSPS) is 12.3. The molecule has 0 saturated heterocycles. The van der Waals surface area contributed by atoms with Gasteiger partial charge in [0.1, 0.15) is 11.4 Å². The molecule has 220 valence electrons. The second-order valence-electron chi connectivity index (χ2n) is 8.34. The maximum Gasteiger partial charge on any atom is 0.435 e. The molecular formula is C25H16F10N2O4. The number of carbonyl (C=O) groups excluding carboxylic acids is 2. The molecule has 41 heavy (non-hydrogen) atoms. The molecule has 2 amide bonds. The maximum atomic E-state index is 15.1. The highest BCUT2D eigenvalue weighted by atomic mass is 19.4. The number of nitrogens with one attached hydrogen (secondary N) is 2. The predicted octanol–water partition coefficient (Wildman–Crippen LogP) is 7.24. The van der Waals surface area contributed by atoms with Crippen LogP contribution in [0.15, 0.2) is 54.6 Å². The minimum atomic E-state index is -6.67. The number of aryl methyl sites for hydroxylation is 1. The number of aromatic hydroxyl groups is 1. The van der Waals surface area contributed by atoms with Crippen molar-refractivity contribution >= 4 is 23.2 Å². The zero-order chi connectivity index (χ0) is 30.9. The van der Waals surface area contributed by atoms with E-state index in [0.29, 0.717) is 0 Å². The van der Waals surface area contributed by atoms with Gasteiger partial charge in [-0.2, -0.15) is 35.1 Å². The Morgan fingerprint density at radius 3 is 1.98 bits per heavy atom. The second kappa shape index (κ2) is 11.2. The summed E-state index contributed by atoms with van der Waals surface area (Å²) < 4.78 is 138. The van der Waals surface area contributed by atoms with Gasteiger partial charge in [-0.05, 0) is 43.3 Å². The molecule has 0 heterocycles. The number of halogens is 10. The standard InChI is InChI=1S/C25H16F10N2O4/c1-11-5-7-12(8-6-11)20(39)36-15-4-2-3-14(18(15)26)21(40)37-19-16(38)9-13(10-17(19)41-22(27)28)23(29,24(30,31)32)25(33,34)35/h2-10,22,38H,1H3,(H,36,39)(H,37,40). The highest BCUT2D eigenvalue weighted by Gasteiger charge is 2.73. The fraction of sp³-hybridized carbons (Fsp3) is 0.200. The Morgan fingerprint density at radius 1 is 0.854 bits per heavy atom. The molecule has 3 rings (SSSR count). The average molecular weight is 598 g/mol. The van der Waals surface area contributed by atoms with Gasteiger partial charge < -0.3 is 20.5 Å². The quantitative estimate of drug-likeness (QED) is 0.198. The first kappa shape index (κ1) is 31.0. The van der Waals surface area contributed by atoms with E-state index < -0.39 is 88.4 Å². The van der Waals surface area contributed by atoms with Crippen LogP contribution in [0.4, 0.5) is 55.3 Å². The molecule has 6 nitrogen and oxygen atoms in total. The highest BCUT2D eigenvalue weighted by Crippen LogP contribution is 2.55. The molecule has 0 radical (unpaired) electrons. The molecule has 0 aliphatic carbocycles. The van der Waals surface area contributed by atoms with Crippen molar-refractivity contribution in [2.45, 2.75) is 31.6 Å². The number of hydrogen-bond donors (Lipinski definition) is 3. The number of benzene rings is 3. The first-order chi connectivity index (χ1) is 18.9. The lowest BCUT2D eigenvalue weighted by Gasteiger charge is -2.31. The van der Waals surface area contributed by atoms with E-state index in [-0.39, 0.29) is 5.56 Å². The summed E-state index contributed by atoms with van der Waals surface area (Å²) in [4.78, 5) is 25.1. The van der Waals surface area contributed by atoms with E-state index in [0.717, 1.165) is 23.8 Å². The van der Waals surface area contributed by atoms with Crippen molar-refractivity contribution in [2.24, 2.45) is 0 Å². The van der Waals surface area contributed by atoms with Gasteiger partial charge in [0.25, 0.3) is 11.8 Å². The zero-order valence-electron chi connectivity index (χ0n) is 20.2. The van der Waals surface area contributed by atoms with Crippen molar-refractivity contribution in [3.63, 3.8) is 0 Å². The molecule has 3 aromatic rings. The van der Waals surface area contributed by atoms with Crippen LogP contribution in [0.3, 0.4) is 0 Å². The van der Waals surface area contributed by atoms with Crippen molar-refractivity contribution in [1.29, 1.82) is 0 Å². The molecule has 3 N–H and O–H groups in total. The SMILES string of the molecule is Cc1ccc(C(=O)Nc2cccc(C(=O)Nc3c(O)cc(C(F)(C(F)(F)F)C(F)(F)F)cc3OC(F)F)c2F)cc1. The van der Waals surface area contributed by atoms with Gasteiger partial charge in [-0.15, -0.1) is 0 Å². The molecule has 3 aromatic carbocycles. The van der Waals surface area contributed by atoms with E-state index in [1.807, 2.05) is 0 Å². The van der Waals surface area contributed by atoms with Gasteiger partial charge in [-0.3, -0.25) is 9.59 Å². The smallest absolute Gasteiger partial charge is 0.435 e. The van der Waals surface area contributed by atoms with E-state index in [4.69, 9.17) is 0 Å². The number of rotatable bonds is 7. The Morgan fingerprint density at radius 2 is 1.44 bits per heavy atom. The molecule has 16 heteroatoms. The summed E-state index contributed by atoms with van der Waals surface area (Å²) in [6, 6.07) is 8.05. The van der Waals surface area contributed by atoms with E-state index in [1.54, 1.807) is 24.4 Å². The topological polar surface area (TPSA) is 87.7 Å². The lowest BCUT2D eigenvalue weighted by Crippen LogP contribution is -2.50. The van der Waals surface area contributed by atoms with Crippen molar-refractivity contribution in [1.82, 2.24) is 0 Å². The lowest BCUT2D eigenvalue weighted by atomic mass is 9.93. The van der Waals surface area contributed by atoms with Gasteiger partial charge in [0, 0.05) is 11.1 Å². The van der Waals surface area contributed by atoms with Crippen LogP contribution in [0.5, 0.6) is 11.5 Å². The van der Waals surface area contributed by atoms with E-state index >= 15 is 4.39 Å². The minimum absolute atomic E-state index is 0.102. The van der Waals surface area contributed by atoms with E-state index in [2.05, 4.69) is 10.1 Å².